The van der Waals surface area contributed by atoms with Crippen molar-refractivity contribution in [2.24, 2.45) is 5.92 Å². The molecule has 1 aliphatic heterocycles. The summed E-state index contributed by atoms with van der Waals surface area (Å²) in [6, 6.07) is 6.30. The molecule has 1 aliphatic rings. The zero-order valence-corrected chi connectivity index (χ0v) is 11.7. The van der Waals surface area contributed by atoms with Crippen LogP contribution in [0.2, 0.25) is 5.02 Å². The maximum atomic E-state index is 12.0. The van der Waals surface area contributed by atoms with Crippen molar-refractivity contribution < 1.29 is 12.6 Å². The van der Waals surface area contributed by atoms with E-state index in [-0.39, 0.29) is 5.75 Å². The Morgan fingerprint density at radius 3 is 2.33 bits per heavy atom. The summed E-state index contributed by atoms with van der Waals surface area (Å²) in [4.78, 5) is 0. The van der Waals surface area contributed by atoms with E-state index < -0.39 is 10.3 Å². The molecule has 4 nitrogen and oxygen atoms in total. The average Bonchev–Trinajstić information content (AvgIpc) is 2.32. The lowest BCUT2D eigenvalue weighted by Gasteiger charge is -2.28. The zero-order valence-electron chi connectivity index (χ0n) is 10.2. The molecule has 2 rings (SSSR count). The van der Waals surface area contributed by atoms with E-state index in [0.29, 0.717) is 24.0 Å². The van der Waals surface area contributed by atoms with Crippen LogP contribution in [0.25, 0.3) is 0 Å². The van der Waals surface area contributed by atoms with Gasteiger partial charge in [-0.1, -0.05) is 18.5 Å². The highest BCUT2D eigenvalue weighted by molar-refractivity contribution is 7.84. The van der Waals surface area contributed by atoms with Crippen LogP contribution in [-0.2, 0) is 10.3 Å². The summed E-state index contributed by atoms with van der Waals surface area (Å²) in [5.41, 5.74) is 0. The minimum absolute atomic E-state index is 0.290. The number of piperidine rings is 1. The predicted octanol–water partition coefficient (Wildman–Crippen LogP) is 2.70. The lowest BCUT2D eigenvalue weighted by molar-refractivity contribution is 0.267. The highest BCUT2D eigenvalue weighted by Gasteiger charge is 2.28. The normalized spacial score (nSPS) is 18.8. The highest BCUT2D eigenvalue weighted by atomic mass is 35.5. The van der Waals surface area contributed by atoms with Crippen molar-refractivity contribution in [3.05, 3.63) is 29.3 Å². The molecule has 100 valence electrons. The van der Waals surface area contributed by atoms with Crippen molar-refractivity contribution in [2.75, 3.05) is 13.1 Å². The van der Waals surface area contributed by atoms with E-state index in [4.69, 9.17) is 15.8 Å². The summed E-state index contributed by atoms with van der Waals surface area (Å²) >= 11 is 5.73. The van der Waals surface area contributed by atoms with Gasteiger partial charge in [0.25, 0.3) is 0 Å². The van der Waals surface area contributed by atoms with Crippen molar-refractivity contribution in [1.82, 2.24) is 4.31 Å². The third-order valence-electron chi connectivity index (χ3n) is 3.07. The molecule has 0 saturated carbocycles. The quantitative estimate of drug-likeness (QED) is 0.859. The van der Waals surface area contributed by atoms with Crippen LogP contribution >= 0.6 is 11.6 Å². The first-order chi connectivity index (χ1) is 8.47. The van der Waals surface area contributed by atoms with Crippen LogP contribution in [0.5, 0.6) is 5.75 Å². The summed E-state index contributed by atoms with van der Waals surface area (Å²) in [6.45, 7) is 3.18. The van der Waals surface area contributed by atoms with Gasteiger partial charge in [0.15, 0.2) is 0 Å². The van der Waals surface area contributed by atoms with Gasteiger partial charge in [-0.2, -0.15) is 12.7 Å². The molecular weight excluding hydrogens is 274 g/mol. The smallest absolute Gasteiger partial charge is 0.371 e. The van der Waals surface area contributed by atoms with Crippen molar-refractivity contribution in [2.45, 2.75) is 19.8 Å². The van der Waals surface area contributed by atoms with E-state index in [9.17, 15) is 8.42 Å². The zero-order chi connectivity index (χ0) is 13.2. The molecule has 0 N–H and O–H groups in total. The summed E-state index contributed by atoms with van der Waals surface area (Å²) in [6.07, 6.45) is 1.76. The summed E-state index contributed by atoms with van der Waals surface area (Å²) in [7, 11) is -3.68. The first kappa shape index (κ1) is 13.6. The Hall–Kier alpha value is -0.780. The van der Waals surface area contributed by atoms with Gasteiger partial charge in [0.1, 0.15) is 5.75 Å². The summed E-state index contributed by atoms with van der Waals surface area (Å²) in [5, 5.41) is 0.548. The average molecular weight is 290 g/mol. The molecule has 0 amide bonds. The number of hydrogen-bond acceptors (Lipinski definition) is 3. The highest BCUT2D eigenvalue weighted by Crippen LogP contribution is 2.22. The number of halogens is 1. The van der Waals surface area contributed by atoms with Crippen LogP contribution < -0.4 is 4.18 Å². The fourth-order valence-electron chi connectivity index (χ4n) is 1.87. The van der Waals surface area contributed by atoms with Gasteiger partial charge in [-0.15, -0.1) is 0 Å². The van der Waals surface area contributed by atoms with Crippen LogP contribution in [-0.4, -0.2) is 25.8 Å². The second kappa shape index (κ2) is 5.47. The van der Waals surface area contributed by atoms with Gasteiger partial charge >= 0.3 is 10.3 Å². The molecule has 0 unspecified atom stereocenters. The Balaban J connectivity index is 2.05. The lowest BCUT2D eigenvalue weighted by Crippen LogP contribution is -2.40. The molecule has 1 aromatic carbocycles. The maximum Gasteiger partial charge on any atom is 0.385 e. The molecule has 6 heteroatoms. The first-order valence-electron chi connectivity index (χ1n) is 5.92. The van der Waals surface area contributed by atoms with E-state index >= 15 is 0 Å². The van der Waals surface area contributed by atoms with Gasteiger partial charge in [-0.05, 0) is 43.0 Å². The Morgan fingerprint density at radius 2 is 1.78 bits per heavy atom. The van der Waals surface area contributed by atoms with Crippen molar-refractivity contribution >= 4 is 21.9 Å². The molecule has 1 heterocycles. The van der Waals surface area contributed by atoms with Gasteiger partial charge in [0.2, 0.25) is 0 Å². The monoisotopic (exact) mass is 289 g/mol. The Bertz CT molecular complexity index is 493. The van der Waals surface area contributed by atoms with E-state index in [1.54, 1.807) is 24.3 Å². The van der Waals surface area contributed by atoms with E-state index in [0.717, 1.165) is 12.8 Å². The minimum Gasteiger partial charge on any atom is -0.371 e. The molecule has 0 radical (unpaired) electrons. The first-order valence-corrected chi connectivity index (χ1v) is 7.67. The summed E-state index contributed by atoms with van der Waals surface area (Å²) in [5.74, 6) is 0.866. The van der Waals surface area contributed by atoms with E-state index in [2.05, 4.69) is 6.92 Å². The Kier molecular flexibility index (Phi) is 4.14. The minimum atomic E-state index is -3.68. The SMILES string of the molecule is CC1CCN(S(=O)(=O)Oc2ccc(Cl)cc2)CC1. The molecular formula is C12H16ClNO3S. The van der Waals surface area contributed by atoms with Crippen molar-refractivity contribution in [3.8, 4) is 5.75 Å². The second-order valence-electron chi connectivity index (χ2n) is 4.58. The molecule has 1 saturated heterocycles. The third kappa shape index (κ3) is 3.37. The van der Waals surface area contributed by atoms with Crippen molar-refractivity contribution in [3.63, 3.8) is 0 Å². The largest absolute Gasteiger partial charge is 0.385 e. The van der Waals surface area contributed by atoms with Crippen LogP contribution in [0.4, 0.5) is 0 Å². The molecule has 0 atom stereocenters. The van der Waals surface area contributed by atoms with Gasteiger partial charge in [0.05, 0.1) is 0 Å². The van der Waals surface area contributed by atoms with Crippen LogP contribution in [0, 0.1) is 5.92 Å². The Morgan fingerprint density at radius 1 is 1.22 bits per heavy atom. The van der Waals surface area contributed by atoms with E-state index in [1.807, 2.05) is 0 Å². The lowest BCUT2D eigenvalue weighted by atomic mass is 10.0. The molecule has 0 aromatic heterocycles. The predicted molar refractivity (Wildman–Crippen MR) is 71.0 cm³/mol. The Labute approximate surface area is 113 Å². The van der Waals surface area contributed by atoms with Crippen LogP contribution in [0.15, 0.2) is 24.3 Å². The van der Waals surface area contributed by atoms with Gasteiger partial charge < -0.3 is 4.18 Å². The third-order valence-corrected chi connectivity index (χ3v) is 4.73. The number of hydrogen-bond donors (Lipinski definition) is 0. The van der Waals surface area contributed by atoms with E-state index in [1.165, 1.54) is 4.31 Å². The molecule has 18 heavy (non-hydrogen) atoms. The van der Waals surface area contributed by atoms with Gasteiger partial charge in [-0.3, -0.25) is 0 Å². The molecule has 0 bridgehead atoms. The topological polar surface area (TPSA) is 46.6 Å². The molecule has 0 aliphatic carbocycles. The molecule has 0 spiro atoms. The van der Waals surface area contributed by atoms with Crippen LogP contribution in [0.3, 0.4) is 0 Å². The fraction of sp³-hybridized carbons (Fsp3) is 0.500. The maximum absolute atomic E-state index is 12.0. The summed E-state index contributed by atoms with van der Waals surface area (Å²) < 4.78 is 30.5. The number of rotatable bonds is 3. The number of nitrogens with zero attached hydrogens (tertiary/aromatic N) is 1. The van der Waals surface area contributed by atoms with Gasteiger partial charge in [0, 0.05) is 18.1 Å². The standard InChI is InChI=1S/C12H16ClNO3S/c1-10-6-8-14(9-7-10)18(15,16)17-12-4-2-11(13)3-5-12/h2-5,10H,6-9H2,1H3. The van der Waals surface area contributed by atoms with Gasteiger partial charge in [-0.25, -0.2) is 0 Å². The number of benzene rings is 1. The molecule has 1 fully saturated rings. The fourth-order valence-corrected chi connectivity index (χ4v) is 3.12. The second-order valence-corrected chi connectivity index (χ2v) is 6.55. The van der Waals surface area contributed by atoms with Crippen LogP contribution in [0.1, 0.15) is 19.8 Å². The van der Waals surface area contributed by atoms with Crippen molar-refractivity contribution in [1.29, 1.82) is 0 Å². The molecule has 1 aromatic rings.